The summed E-state index contributed by atoms with van der Waals surface area (Å²) in [5.41, 5.74) is 5.62. The third-order valence-electron chi connectivity index (χ3n) is 1.12. The maximum Gasteiger partial charge on any atom is 0.271 e. The van der Waals surface area contributed by atoms with Crippen LogP contribution in [0.2, 0.25) is 0 Å². The maximum atomic E-state index is 10.8. The van der Waals surface area contributed by atoms with E-state index in [1.54, 1.807) is 0 Å². The molecule has 6 heteroatoms. The number of hydrogen-bond acceptors (Lipinski definition) is 3. The lowest BCUT2D eigenvalue weighted by Crippen LogP contribution is -2.19. The second-order valence-electron chi connectivity index (χ2n) is 1.74. The molecule has 1 heterocycles. The summed E-state index contributed by atoms with van der Waals surface area (Å²) in [5, 5.41) is 2.42. The molecule has 0 aliphatic rings. The molecule has 0 spiro atoms. The molecule has 0 aromatic carbocycles. The first-order chi connectivity index (χ1) is 4.75. The molecule has 0 saturated carbocycles. The standard InChI is InChI=1S/C5H8N4O.ClH/c1-7-5(10)3-4(6)9-2-8-3;/h2H,6H2,1H3,(H,7,10)(H,8,9);1H. The smallest absolute Gasteiger partial charge is 0.271 e. The molecule has 11 heavy (non-hydrogen) atoms. The molecule has 0 atom stereocenters. The molecular weight excluding hydrogens is 168 g/mol. The Kier molecular flexibility index (Phi) is 3.39. The number of nitrogens with one attached hydrogen (secondary N) is 2. The molecule has 1 aromatic rings. The molecule has 62 valence electrons. The number of H-pyrrole nitrogens is 1. The fourth-order valence-electron chi connectivity index (χ4n) is 0.612. The third-order valence-corrected chi connectivity index (χ3v) is 1.12. The van der Waals surface area contributed by atoms with Gasteiger partial charge in [0, 0.05) is 7.05 Å². The molecule has 0 unspecified atom stereocenters. The summed E-state index contributed by atoms with van der Waals surface area (Å²) in [4.78, 5) is 17.1. The van der Waals surface area contributed by atoms with Crippen molar-refractivity contribution in [1.82, 2.24) is 15.3 Å². The van der Waals surface area contributed by atoms with Crippen LogP contribution in [0, 0.1) is 0 Å². The Morgan fingerprint density at radius 2 is 2.45 bits per heavy atom. The van der Waals surface area contributed by atoms with Crippen LogP contribution in [0.15, 0.2) is 6.33 Å². The van der Waals surface area contributed by atoms with Gasteiger partial charge in [-0.15, -0.1) is 12.4 Å². The first-order valence-electron chi connectivity index (χ1n) is 2.76. The summed E-state index contributed by atoms with van der Waals surface area (Å²) < 4.78 is 0. The highest BCUT2D eigenvalue weighted by atomic mass is 35.5. The first-order valence-corrected chi connectivity index (χ1v) is 2.76. The van der Waals surface area contributed by atoms with Gasteiger partial charge in [-0.05, 0) is 0 Å². The lowest BCUT2D eigenvalue weighted by molar-refractivity contribution is 0.0959. The number of nitrogen functional groups attached to an aromatic ring is 1. The zero-order chi connectivity index (χ0) is 7.56. The molecule has 1 aromatic heterocycles. The van der Waals surface area contributed by atoms with E-state index in [1.165, 1.54) is 13.4 Å². The number of carbonyl (C=O) groups excluding carboxylic acids is 1. The number of nitrogens with zero attached hydrogens (tertiary/aromatic N) is 1. The number of rotatable bonds is 1. The van der Waals surface area contributed by atoms with E-state index in [1.807, 2.05) is 0 Å². The van der Waals surface area contributed by atoms with E-state index in [0.29, 0.717) is 5.69 Å². The lowest BCUT2D eigenvalue weighted by atomic mass is 10.4. The summed E-state index contributed by atoms with van der Waals surface area (Å²) in [6, 6.07) is 0. The van der Waals surface area contributed by atoms with Crippen molar-refractivity contribution in [2.45, 2.75) is 0 Å². The number of halogens is 1. The van der Waals surface area contributed by atoms with Crippen LogP contribution in [0.3, 0.4) is 0 Å². The summed E-state index contributed by atoms with van der Waals surface area (Å²) in [7, 11) is 1.53. The quantitative estimate of drug-likeness (QED) is 0.553. The molecule has 0 aliphatic heterocycles. The van der Waals surface area contributed by atoms with Crippen molar-refractivity contribution < 1.29 is 4.79 Å². The van der Waals surface area contributed by atoms with E-state index >= 15 is 0 Å². The van der Waals surface area contributed by atoms with Gasteiger partial charge in [0.15, 0.2) is 5.82 Å². The predicted molar refractivity (Wildman–Crippen MR) is 43.6 cm³/mol. The van der Waals surface area contributed by atoms with E-state index in [0.717, 1.165) is 0 Å². The van der Waals surface area contributed by atoms with Crippen molar-refractivity contribution in [3.8, 4) is 0 Å². The Hall–Kier alpha value is -1.23. The van der Waals surface area contributed by atoms with Crippen LogP contribution in [-0.4, -0.2) is 22.9 Å². The highest BCUT2D eigenvalue weighted by molar-refractivity contribution is 5.96. The van der Waals surface area contributed by atoms with Gasteiger partial charge in [-0.2, -0.15) is 0 Å². The zero-order valence-electron chi connectivity index (χ0n) is 5.92. The van der Waals surface area contributed by atoms with E-state index in [9.17, 15) is 4.79 Å². The van der Waals surface area contributed by atoms with E-state index < -0.39 is 0 Å². The molecule has 0 bridgehead atoms. The molecule has 5 nitrogen and oxygen atoms in total. The van der Waals surface area contributed by atoms with Gasteiger partial charge in [0.1, 0.15) is 5.69 Å². The Morgan fingerprint density at radius 1 is 1.82 bits per heavy atom. The van der Waals surface area contributed by atoms with Crippen LogP contribution in [0.25, 0.3) is 0 Å². The largest absolute Gasteiger partial charge is 0.382 e. The molecule has 0 radical (unpaired) electrons. The molecule has 0 aliphatic carbocycles. The minimum absolute atomic E-state index is 0. The number of imidazole rings is 1. The van der Waals surface area contributed by atoms with Gasteiger partial charge in [0.25, 0.3) is 5.91 Å². The molecule has 0 saturated heterocycles. The number of nitrogens with two attached hydrogens (primary N) is 1. The average molecular weight is 177 g/mol. The highest BCUT2D eigenvalue weighted by Gasteiger charge is 2.08. The fraction of sp³-hybridized carbons (Fsp3) is 0.200. The predicted octanol–water partition coefficient (Wildman–Crippen LogP) is -0.227. The highest BCUT2D eigenvalue weighted by Crippen LogP contribution is 2.01. The Bertz CT molecular complexity index is 246. The van der Waals surface area contributed by atoms with Gasteiger partial charge in [0.2, 0.25) is 0 Å². The van der Waals surface area contributed by atoms with Gasteiger partial charge in [-0.25, -0.2) is 4.98 Å². The lowest BCUT2D eigenvalue weighted by Gasteiger charge is -1.94. The van der Waals surface area contributed by atoms with Crippen molar-refractivity contribution in [2.24, 2.45) is 0 Å². The van der Waals surface area contributed by atoms with Crippen LogP contribution >= 0.6 is 12.4 Å². The van der Waals surface area contributed by atoms with Crippen LogP contribution in [0.4, 0.5) is 5.82 Å². The average Bonchev–Trinajstić information content (AvgIpc) is 2.34. The Morgan fingerprint density at radius 3 is 2.82 bits per heavy atom. The summed E-state index contributed by atoms with van der Waals surface area (Å²) in [5.74, 6) is -0.0330. The van der Waals surface area contributed by atoms with Crippen LogP contribution in [0.5, 0.6) is 0 Å². The van der Waals surface area contributed by atoms with Crippen molar-refractivity contribution in [3.05, 3.63) is 12.0 Å². The second-order valence-corrected chi connectivity index (χ2v) is 1.74. The summed E-state index contributed by atoms with van der Waals surface area (Å²) in [6.07, 6.45) is 1.37. The van der Waals surface area contributed by atoms with E-state index in [-0.39, 0.29) is 24.1 Å². The van der Waals surface area contributed by atoms with Gasteiger partial charge in [0.05, 0.1) is 6.33 Å². The number of hydrogen-bond donors (Lipinski definition) is 3. The fourth-order valence-corrected chi connectivity index (χ4v) is 0.612. The third kappa shape index (κ3) is 1.84. The normalized spacial score (nSPS) is 8.45. The number of aromatic amines is 1. The summed E-state index contributed by atoms with van der Waals surface area (Å²) in [6.45, 7) is 0. The van der Waals surface area contributed by atoms with E-state index in [2.05, 4.69) is 15.3 Å². The summed E-state index contributed by atoms with van der Waals surface area (Å²) >= 11 is 0. The van der Waals surface area contributed by atoms with Crippen molar-refractivity contribution in [3.63, 3.8) is 0 Å². The SMILES string of the molecule is CNC(=O)c1[nH]cnc1N.Cl. The van der Waals surface area contributed by atoms with Crippen LogP contribution in [0.1, 0.15) is 10.5 Å². The monoisotopic (exact) mass is 176 g/mol. The topological polar surface area (TPSA) is 83.8 Å². The Balaban J connectivity index is 0.000001000. The van der Waals surface area contributed by atoms with Crippen molar-refractivity contribution in [1.29, 1.82) is 0 Å². The second kappa shape index (κ2) is 3.82. The van der Waals surface area contributed by atoms with Gasteiger partial charge in [-0.3, -0.25) is 4.79 Å². The van der Waals surface area contributed by atoms with Gasteiger partial charge < -0.3 is 16.0 Å². The minimum Gasteiger partial charge on any atom is -0.382 e. The number of anilines is 1. The van der Waals surface area contributed by atoms with Crippen LogP contribution in [-0.2, 0) is 0 Å². The van der Waals surface area contributed by atoms with Crippen LogP contribution < -0.4 is 11.1 Å². The molecule has 1 rings (SSSR count). The number of amides is 1. The molecule has 0 fully saturated rings. The molecule has 1 amide bonds. The molecule has 4 N–H and O–H groups in total. The van der Waals surface area contributed by atoms with Crippen molar-refractivity contribution in [2.75, 3.05) is 12.8 Å². The number of aromatic nitrogens is 2. The first kappa shape index (κ1) is 9.77. The Labute approximate surface area is 69.8 Å². The van der Waals surface area contributed by atoms with Crippen molar-refractivity contribution >= 4 is 24.1 Å². The minimum atomic E-state index is -0.255. The maximum absolute atomic E-state index is 10.8. The van der Waals surface area contributed by atoms with Gasteiger partial charge in [-0.1, -0.05) is 0 Å². The van der Waals surface area contributed by atoms with E-state index in [4.69, 9.17) is 5.73 Å². The molecular formula is C5H9ClN4O. The van der Waals surface area contributed by atoms with Gasteiger partial charge >= 0.3 is 0 Å². The zero-order valence-corrected chi connectivity index (χ0v) is 6.73. The number of carbonyl (C=O) groups is 1.